The largest absolute Gasteiger partial charge is 0.225 e. The van der Waals surface area contributed by atoms with Crippen LogP contribution in [0.4, 0.5) is 0 Å². The first-order valence-electron chi connectivity index (χ1n) is 5.57. The third kappa shape index (κ3) is 5.18. The second-order valence-corrected chi connectivity index (χ2v) is 6.92. The highest BCUT2D eigenvalue weighted by atomic mass is 35.5. The summed E-state index contributed by atoms with van der Waals surface area (Å²) in [6.07, 6.45) is 6.00. The molecule has 0 radical (unpaired) electrons. The van der Waals surface area contributed by atoms with Gasteiger partial charge >= 0.3 is 0 Å². The highest BCUT2D eigenvalue weighted by Crippen LogP contribution is 2.29. The van der Waals surface area contributed by atoms with Gasteiger partial charge in [0.1, 0.15) is 5.21 Å². The molecule has 0 aromatic heterocycles. The molecule has 0 atom stereocenters. The van der Waals surface area contributed by atoms with Crippen molar-refractivity contribution in [3.63, 3.8) is 0 Å². The molecule has 0 saturated heterocycles. The van der Waals surface area contributed by atoms with Crippen molar-refractivity contribution in [2.45, 2.75) is 39.0 Å². The predicted molar refractivity (Wildman–Crippen MR) is 63.4 cm³/mol. The summed E-state index contributed by atoms with van der Waals surface area (Å²) in [5, 5.41) is -0.339. The maximum Gasteiger partial charge on any atom is 0.225 e. The molecule has 5 heteroatoms. The van der Waals surface area contributed by atoms with E-state index in [0.29, 0.717) is 12.5 Å². The van der Waals surface area contributed by atoms with Crippen LogP contribution in [0.25, 0.3) is 0 Å². The second kappa shape index (κ2) is 6.06. The molecule has 0 heterocycles. The SMILES string of the molecule is CC1CCC(CCNS(=O)(=O)CCl)CC1. The average Bonchev–Trinajstić information content (AvgIpc) is 2.21. The van der Waals surface area contributed by atoms with Gasteiger partial charge in [0.05, 0.1) is 0 Å². The third-order valence-corrected chi connectivity index (χ3v) is 4.95. The molecule has 90 valence electrons. The maximum atomic E-state index is 11.0. The second-order valence-electron chi connectivity index (χ2n) is 4.53. The molecule has 0 aliphatic heterocycles. The fraction of sp³-hybridized carbons (Fsp3) is 1.00. The fourth-order valence-corrected chi connectivity index (χ4v) is 2.81. The fourth-order valence-electron chi connectivity index (χ4n) is 2.07. The number of sulfonamides is 1. The topological polar surface area (TPSA) is 46.2 Å². The van der Waals surface area contributed by atoms with Gasteiger partial charge in [0, 0.05) is 6.54 Å². The summed E-state index contributed by atoms with van der Waals surface area (Å²) in [4.78, 5) is 0. The van der Waals surface area contributed by atoms with E-state index in [1.165, 1.54) is 25.7 Å². The summed E-state index contributed by atoms with van der Waals surface area (Å²) >= 11 is 5.28. The number of hydrogen-bond acceptors (Lipinski definition) is 2. The van der Waals surface area contributed by atoms with Crippen LogP contribution < -0.4 is 4.72 Å². The van der Waals surface area contributed by atoms with E-state index in [9.17, 15) is 8.42 Å². The van der Waals surface area contributed by atoms with E-state index >= 15 is 0 Å². The molecule has 15 heavy (non-hydrogen) atoms. The highest BCUT2D eigenvalue weighted by Gasteiger charge is 2.18. The summed E-state index contributed by atoms with van der Waals surface area (Å²) in [5.74, 6) is 1.54. The van der Waals surface area contributed by atoms with Gasteiger partial charge in [-0.15, -0.1) is 11.6 Å². The van der Waals surface area contributed by atoms with Crippen molar-refractivity contribution in [3.8, 4) is 0 Å². The van der Waals surface area contributed by atoms with Crippen LogP contribution >= 0.6 is 11.6 Å². The van der Waals surface area contributed by atoms with Gasteiger partial charge in [-0.1, -0.05) is 32.6 Å². The minimum absolute atomic E-state index is 0.339. The first-order valence-corrected chi connectivity index (χ1v) is 7.75. The molecule has 1 saturated carbocycles. The lowest BCUT2D eigenvalue weighted by molar-refractivity contribution is 0.278. The summed E-state index contributed by atoms with van der Waals surface area (Å²) < 4.78 is 24.6. The van der Waals surface area contributed by atoms with E-state index in [-0.39, 0.29) is 5.21 Å². The van der Waals surface area contributed by atoms with Gasteiger partial charge < -0.3 is 0 Å². The van der Waals surface area contributed by atoms with Crippen molar-refractivity contribution < 1.29 is 8.42 Å². The van der Waals surface area contributed by atoms with Crippen LogP contribution in [0.1, 0.15) is 39.0 Å². The van der Waals surface area contributed by atoms with Crippen molar-refractivity contribution in [1.29, 1.82) is 0 Å². The molecule has 1 rings (SSSR count). The van der Waals surface area contributed by atoms with Gasteiger partial charge in [0.2, 0.25) is 10.0 Å². The molecule has 1 aliphatic carbocycles. The van der Waals surface area contributed by atoms with E-state index in [4.69, 9.17) is 11.6 Å². The Hall–Kier alpha value is 0.200. The van der Waals surface area contributed by atoms with E-state index in [1.54, 1.807) is 0 Å². The summed E-state index contributed by atoms with van der Waals surface area (Å²) in [7, 11) is -3.22. The van der Waals surface area contributed by atoms with Crippen molar-refractivity contribution >= 4 is 21.6 Å². The van der Waals surface area contributed by atoms with Crippen LogP contribution in [0.2, 0.25) is 0 Å². The Balaban J connectivity index is 2.16. The molecule has 3 nitrogen and oxygen atoms in total. The summed E-state index contributed by atoms with van der Waals surface area (Å²) in [6.45, 7) is 2.82. The molecule has 0 aromatic rings. The van der Waals surface area contributed by atoms with Crippen LogP contribution in [0.5, 0.6) is 0 Å². The van der Waals surface area contributed by atoms with Crippen molar-refractivity contribution in [2.75, 3.05) is 11.8 Å². The lowest BCUT2D eigenvalue weighted by Gasteiger charge is -2.25. The summed E-state index contributed by atoms with van der Waals surface area (Å²) in [6, 6.07) is 0. The minimum Gasteiger partial charge on any atom is -0.214 e. The number of hydrogen-bond donors (Lipinski definition) is 1. The molecule has 0 spiro atoms. The van der Waals surface area contributed by atoms with Crippen LogP contribution in [0, 0.1) is 11.8 Å². The molecule has 1 aliphatic rings. The van der Waals surface area contributed by atoms with E-state index in [0.717, 1.165) is 12.3 Å². The zero-order chi connectivity index (χ0) is 11.3. The van der Waals surface area contributed by atoms with Crippen molar-refractivity contribution in [3.05, 3.63) is 0 Å². The molecule has 1 N–H and O–H groups in total. The Kier molecular flexibility index (Phi) is 5.36. The Bertz CT molecular complexity index is 271. The Morgan fingerprint density at radius 2 is 1.87 bits per heavy atom. The lowest BCUT2D eigenvalue weighted by Crippen LogP contribution is -2.27. The number of nitrogens with one attached hydrogen (secondary N) is 1. The molecule has 0 bridgehead atoms. The normalized spacial score (nSPS) is 27.9. The van der Waals surface area contributed by atoms with Crippen LogP contribution in [0.3, 0.4) is 0 Å². The average molecular weight is 254 g/mol. The van der Waals surface area contributed by atoms with Gasteiger partial charge in [0.25, 0.3) is 0 Å². The Morgan fingerprint density at radius 3 is 2.40 bits per heavy atom. The molecule has 0 unspecified atom stereocenters. The van der Waals surface area contributed by atoms with Gasteiger partial charge in [-0.05, 0) is 18.3 Å². The van der Waals surface area contributed by atoms with Crippen LogP contribution in [-0.4, -0.2) is 20.2 Å². The van der Waals surface area contributed by atoms with E-state index in [1.807, 2.05) is 0 Å². The number of rotatable bonds is 5. The monoisotopic (exact) mass is 253 g/mol. The first kappa shape index (κ1) is 13.3. The quantitative estimate of drug-likeness (QED) is 0.765. The Labute approximate surface area is 97.6 Å². The van der Waals surface area contributed by atoms with Crippen molar-refractivity contribution in [1.82, 2.24) is 4.72 Å². The first-order chi connectivity index (χ1) is 7.03. The van der Waals surface area contributed by atoms with E-state index in [2.05, 4.69) is 11.6 Å². The molecule has 1 fully saturated rings. The van der Waals surface area contributed by atoms with Gasteiger partial charge in [-0.3, -0.25) is 0 Å². The van der Waals surface area contributed by atoms with Gasteiger partial charge in [-0.2, -0.15) is 0 Å². The van der Waals surface area contributed by atoms with Crippen molar-refractivity contribution in [2.24, 2.45) is 11.8 Å². The van der Waals surface area contributed by atoms with Gasteiger partial charge in [-0.25, -0.2) is 13.1 Å². The number of halogens is 1. The van der Waals surface area contributed by atoms with Crippen LogP contribution in [-0.2, 0) is 10.0 Å². The lowest BCUT2D eigenvalue weighted by atomic mass is 9.81. The maximum absolute atomic E-state index is 11.0. The molecular weight excluding hydrogens is 234 g/mol. The standard InChI is InChI=1S/C10H20ClNO2S/c1-9-2-4-10(5-3-9)6-7-12-15(13,14)8-11/h9-10,12H,2-8H2,1H3. The van der Waals surface area contributed by atoms with E-state index < -0.39 is 10.0 Å². The third-order valence-electron chi connectivity index (χ3n) is 3.15. The molecule has 0 amide bonds. The predicted octanol–water partition coefficient (Wildman–Crippen LogP) is 2.32. The number of alkyl halides is 1. The zero-order valence-corrected chi connectivity index (χ0v) is 10.8. The van der Waals surface area contributed by atoms with Crippen LogP contribution in [0.15, 0.2) is 0 Å². The highest BCUT2D eigenvalue weighted by molar-refractivity contribution is 7.90. The minimum atomic E-state index is -3.22. The summed E-state index contributed by atoms with van der Waals surface area (Å²) in [5.41, 5.74) is 0. The van der Waals surface area contributed by atoms with Gasteiger partial charge in [0.15, 0.2) is 0 Å². The Morgan fingerprint density at radius 1 is 1.27 bits per heavy atom. The molecular formula is C10H20ClNO2S. The molecule has 0 aromatic carbocycles. The zero-order valence-electron chi connectivity index (χ0n) is 9.21. The smallest absolute Gasteiger partial charge is 0.214 e.